The van der Waals surface area contributed by atoms with E-state index in [1.54, 1.807) is 11.8 Å². The lowest BCUT2D eigenvalue weighted by atomic mass is 10.1. The molecule has 1 aliphatic rings. The number of hydrogen-bond acceptors (Lipinski definition) is 2. The van der Waals surface area contributed by atoms with E-state index in [1.807, 2.05) is 0 Å². The van der Waals surface area contributed by atoms with Crippen molar-refractivity contribution in [3.05, 3.63) is 0 Å². The van der Waals surface area contributed by atoms with Gasteiger partial charge in [0.2, 0.25) is 5.91 Å². The van der Waals surface area contributed by atoms with Crippen LogP contribution < -0.4 is 5.73 Å². The van der Waals surface area contributed by atoms with Crippen molar-refractivity contribution >= 4 is 17.7 Å². The summed E-state index contributed by atoms with van der Waals surface area (Å²) in [6.45, 7) is 4.39. The Morgan fingerprint density at radius 2 is 2.18 bits per heavy atom. The van der Waals surface area contributed by atoms with Crippen LogP contribution in [-0.4, -0.2) is 16.4 Å². The molecule has 0 radical (unpaired) electrons. The average molecular weight is 173 g/mol. The molecule has 1 saturated heterocycles. The van der Waals surface area contributed by atoms with Gasteiger partial charge in [0.25, 0.3) is 0 Å². The maximum absolute atomic E-state index is 10.8. The van der Waals surface area contributed by atoms with E-state index >= 15 is 0 Å². The highest BCUT2D eigenvalue weighted by Gasteiger charge is 2.30. The topological polar surface area (TPSA) is 43.1 Å². The molecule has 0 aromatic heterocycles. The number of nitrogens with two attached hydrogens (primary N) is 1. The second-order valence-electron chi connectivity index (χ2n) is 3.39. The van der Waals surface area contributed by atoms with Crippen molar-refractivity contribution < 1.29 is 4.79 Å². The van der Waals surface area contributed by atoms with E-state index in [4.69, 9.17) is 5.73 Å². The van der Waals surface area contributed by atoms with E-state index in [1.165, 1.54) is 0 Å². The molecule has 2 N–H and O–H groups in total. The Labute approximate surface area is 71.9 Å². The van der Waals surface area contributed by atoms with Crippen molar-refractivity contribution in [1.82, 2.24) is 0 Å². The molecule has 64 valence electrons. The normalized spacial score (nSPS) is 31.2. The summed E-state index contributed by atoms with van der Waals surface area (Å²) in [6.07, 6.45) is 2.12. The Bertz CT molecular complexity index is 158. The van der Waals surface area contributed by atoms with E-state index < -0.39 is 0 Å². The van der Waals surface area contributed by atoms with Gasteiger partial charge in [-0.05, 0) is 18.8 Å². The van der Waals surface area contributed by atoms with Crippen LogP contribution in [-0.2, 0) is 4.79 Å². The van der Waals surface area contributed by atoms with Crippen molar-refractivity contribution in [3.63, 3.8) is 0 Å². The number of carbonyl (C=O) groups is 1. The third-order valence-corrected chi connectivity index (χ3v) is 4.04. The Kier molecular flexibility index (Phi) is 2.82. The Morgan fingerprint density at radius 1 is 1.55 bits per heavy atom. The summed E-state index contributed by atoms with van der Waals surface area (Å²) in [5.41, 5.74) is 5.20. The standard InChI is InChI=1S/C8H15NOS/c1-5(2)6-3-4-7(11-6)8(9)10/h5-7H,3-4H2,1-2H3,(H2,9,10). The van der Waals surface area contributed by atoms with Crippen molar-refractivity contribution in [3.8, 4) is 0 Å². The van der Waals surface area contributed by atoms with Crippen LogP contribution >= 0.6 is 11.8 Å². The largest absolute Gasteiger partial charge is 0.369 e. The van der Waals surface area contributed by atoms with Gasteiger partial charge < -0.3 is 5.73 Å². The minimum Gasteiger partial charge on any atom is -0.369 e. The first-order chi connectivity index (χ1) is 5.11. The molecule has 2 unspecified atom stereocenters. The number of hydrogen-bond donors (Lipinski definition) is 1. The summed E-state index contributed by atoms with van der Waals surface area (Å²) in [4.78, 5) is 10.8. The Hall–Kier alpha value is -0.180. The number of amides is 1. The second-order valence-corrected chi connectivity index (χ2v) is 4.83. The molecule has 0 saturated carbocycles. The molecule has 0 aliphatic carbocycles. The molecular weight excluding hydrogens is 158 g/mol. The molecule has 2 nitrogen and oxygen atoms in total. The molecule has 3 heteroatoms. The molecule has 11 heavy (non-hydrogen) atoms. The van der Waals surface area contributed by atoms with Crippen LogP contribution in [0.5, 0.6) is 0 Å². The zero-order valence-electron chi connectivity index (χ0n) is 7.04. The highest BCUT2D eigenvalue weighted by molar-refractivity contribution is 8.01. The molecule has 0 bridgehead atoms. The van der Waals surface area contributed by atoms with Crippen molar-refractivity contribution in [1.29, 1.82) is 0 Å². The quantitative estimate of drug-likeness (QED) is 0.685. The van der Waals surface area contributed by atoms with E-state index in [2.05, 4.69) is 13.8 Å². The minimum atomic E-state index is -0.141. The number of carbonyl (C=O) groups excluding carboxylic acids is 1. The fourth-order valence-electron chi connectivity index (χ4n) is 1.36. The summed E-state index contributed by atoms with van der Waals surface area (Å²) >= 11 is 1.75. The first kappa shape index (κ1) is 8.91. The molecule has 0 aromatic carbocycles. The third-order valence-electron chi connectivity index (χ3n) is 2.11. The fourth-order valence-corrected chi connectivity index (χ4v) is 2.78. The molecule has 1 heterocycles. The van der Waals surface area contributed by atoms with Crippen LogP contribution in [0.4, 0.5) is 0 Å². The van der Waals surface area contributed by atoms with Gasteiger partial charge in [0.15, 0.2) is 0 Å². The van der Waals surface area contributed by atoms with E-state index in [0.29, 0.717) is 11.2 Å². The summed E-state index contributed by atoms with van der Waals surface area (Å²) in [7, 11) is 0. The summed E-state index contributed by atoms with van der Waals surface area (Å²) in [5, 5.41) is 0.731. The molecule has 0 aromatic rings. The first-order valence-electron chi connectivity index (χ1n) is 4.06. The lowest BCUT2D eigenvalue weighted by molar-refractivity contribution is -0.117. The van der Waals surface area contributed by atoms with E-state index in [9.17, 15) is 4.79 Å². The molecule has 1 fully saturated rings. The smallest absolute Gasteiger partial charge is 0.230 e. The Balaban J connectivity index is 2.41. The van der Waals surface area contributed by atoms with Crippen LogP contribution in [0.25, 0.3) is 0 Å². The van der Waals surface area contributed by atoms with Gasteiger partial charge >= 0.3 is 0 Å². The lowest BCUT2D eigenvalue weighted by Gasteiger charge is -2.12. The van der Waals surface area contributed by atoms with Gasteiger partial charge in [-0.1, -0.05) is 13.8 Å². The van der Waals surface area contributed by atoms with Crippen LogP contribution in [0, 0.1) is 5.92 Å². The van der Waals surface area contributed by atoms with Gasteiger partial charge in [-0.2, -0.15) is 0 Å². The van der Waals surface area contributed by atoms with E-state index in [-0.39, 0.29) is 11.2 Å². The van der Waals surface area contributed by atoms with E-state index in [0.717, 1.165) is 12.8 Å². The summed E-state index contributed by atoms with van der Waals surface area (Å²) < 4.78 is 0. The monoisotopic (exact) mass is 173 g/mol. The fraction of sp³-hybridized carbons (Fsp3) is 0.875. The predicted octanol–water partition coefficient (Wildman–Crippen LogP) is 1.39. The van der Waals surface area contributed by atoms with Crippen molar-refractivity contribution in [2.24, 2.45) is 11.7 Å². The number of rotatable bonds is 2. The van der Waals surface area contributed by atoms with Crippen LogP contribution in [0.2, 0.25) is 0 Å². The third kappa shape index (κ3) is 2.12. The van der Waals surface area contributed by atoms with Crippen LogP contribution in [0.1, 0.15) is 26.7 Å². The molecule has 1 rings (SSSR count). The molecule has 0 spiro atoms. The highest BCUT2D eigenvalue weighted by atomic mass is 32.2. The SMILES string of the molecule is CC(C)C1CCC(C(N)=O)S1. The number of thioether (sulfide) groups is 1. The maximum Gasteiger partial charge on any atom is 0.230 e. The van der Waals surface area contributed by atoms with Gasteiger partial charge in [-0.15, -0.1) is 11.8 Å². The summed E-state index contributed by atoms with van der Waals surface area (Å²) in [6, 6.07) is 0. The van der Waals surface area contributed by atoms with Crippen LogP contribution in [0.15, 0.2) is 0 Å². The van der Waals surface area contributed by atoms with Crippen molar-refractivity contribution in [2.75, 3.05) is 0 Å². The average Bonchev–Trinajstić information content (AvgIpc) is 2.33. The lowest BCUT2D eigenvalue weighted by Crippen LogP contribution is -2.23. The molecular formula is C8H15NOS. The van der Waals surface area contributed by atoms with Gasteiger partial charge in [0, 0.05) is 5.25 Å². The van der Waals surface area contributed by atoms with Gasteiger partial charge in [-0.3, -0.25) is 4.79 Å². The predicted molar refractivity (Wildman–Crippen MR) is 48.4 cm³/mol. The van der Waals surface area contributed by atoms with Crippen molar-refractivity contribution in [2.45, 2.75) is 37.2 Å². The molecule has 2 atom stereocenters. The second kappa shape index (κ2) is 3.48. The molecule has 1 amide bonds. The highest BCUT2D eigenvalue weighted by Crippen LogP contribution is 2.37. The minimum absolute atomic E-state index is 0.0856. The number of primary amides is 1. The van der Waals surface area contributed by atoms with Gasteiger partial charge in [0.1, 0.15) is 0 Å². The zero-order chi connectivity index (χ0) is 8.43. The maximum atomic E-state index is 10.8. The van der Waals surface area contributed by atoms with Gasteiger partial charge in [-0.25, -0.2) is 0 Å². The zero-order valence-corrected chi connectivity index (χ0v) is 7.86. The van der Waals surface area contributed by atoms with Crippen LogP contribution in [0.3, 0.4) is 0 Å². The molecule has 1 aliphatic heterocycles. The van der Waals surface area contributed by atoms with Gasteiger partial charge in [0.05, 0.1) is 5.25 Å². The first-order valence-corrected chi connectivity index (χ1v) is 5.00. The summed E-state index contributed by atoms with van der Waals surface area (Å²) in [5.74, 6) is 0.530. The Morgan fingerprint density at radius 3 is 2.45 bits per heavy atom.